The summed E-state index contributed by atoms with van der Waals surface area (Å²) in [6.07, 6.45) is -2.77. The number of thiocarbonyl (C=S) groups is 1. The number of amides is 1. The lowest BCUT2D eigenvalue weighted by atomic mass is 9.96. The fraction of sp³-hybridized carbons (Fsp3) is 0.258. The number of hydrogen-bond donors (Lipinski definition) is 2. The minimum Gasteiger partial charge on any atom is -0.495 e. The van der Waals surface area contributed by atoms with Crippen LogP contribution in [0.25, 0.3) is 5.69 Å². The van der Waals surface area contributed by atoms with Crippen molar-refractivity contribution in [3.05, 3.63) is 101 Å². The molecule has 3 heterocycles. The van der Waals surface area contributed by atoms with Crippen LogP contribution in [-0.2, 0) is 15.7 Å². The molecule has 1 fully saturated rings. The van der Waals surface area contributed by atoms with Crippen LogP contribution in [-0.4, -0.2) is 41.4 Å². The number of aryl methyl sites for hydroxylation is 1. The van der Waals surface area contributed by atoms with Gasteiger partial charge in [0.1, 0.15) is 12.4 Å². The maximum atomic E-state index is 13.6. The van der Waals surface area contributed by atoms with Crippen molar-refractivity contribution in [3.8, 4) is 11.4 Å². The van der Waals surface area contributed by atoms with Crippen LogP contribution in [0.4, 0.5) is 24.5 Å². The van der Waals surface area contributed by atoms with Crippen molar-refractivity contribution in [2.45, 2.75) is 32.1 Å². The third kappa shape index (κ3) is 5.93. The lowest BCUT2D eigenvalue weighted by molar-refractivity contribution is -0.137. The van der Waals surface area contributed by atoms with Crippen molar-refractivity contribution in [2.75, 3.05) is 31.0 Å². The highest BCUT2D eigenvalue weighted by molar-refractivity contribution is 7.80. The summed E-state index contributed by atoms with van der Waals surface area (Å²) in [7, 11) is 2.94. The number of methoxy groups -OCH3 is 2. The first kappa shape index (κ1) is 30.1. The number of nitrogens with one attached hydrogen (secondary N) is 2. The van der Waals surface area contributed by atoms with E-state index in [1.54, 1.807) is 24.4 Å². The number of ether oxygens (including phenoxy) is 2. The number of aromatic nitrogens is 2. The summed E-state index contributed by atoms with van der Waals surface area (Å²) in [6, 6.07) is 17.3. The number of hydrogen-bond acceptors (Lipinski definition) is 5. The topological polar surface area (TPSA) is 80.7 Å². The van der Waals surface area contributed by atoms with Crippen LogP contribution >= 0.6 is 12.2 Å². The summed E-state index contributed by atoms with van der Waals surface area (Å²) in [6.45, 7) is 3.60. The molecule has 1 amide bonds. The number of nitrogens with zero attached hydrogens (tertiary/aromatic N) is 3. The summed E-state index contributed by atoms with van der Waals surface area (Å²) >= 11 is 5.86. The Bertz CT molecular complexity index is 1660. The first-order chi connectivity index (χ1) is 20.5. The Hall–Kier alpha value is -4.42. The van der Waals surface area contributed by atoms with Crippen molar-refractivity contribution in [1.82, 2.24) is 14.9 Å². The summed E-state index contributed by atoms with van der Waals surface area (Å²) in [5, 5.41) is 6.63. The molecule has 0 spiro atoms. The highest BCUT2D eigenvalue weighted by atomic mass is 32.1. The molecule has 8 nitrogen and oxygen atoms in total. The minimum atomic E-state index is -4.47. The van der Waals surface area contributed by atoms with Gasteiger partial charge in [0.25, 0.3) is 0 Å². The average Bonchev–Trinajstić information content (AvgIpc) is 3.47. The molecule has 0 radical (unpaired) electrons. The Balaban J connectivity index is 1.65. The molecule has 0 bridgehead atoms. The highest BCUT2D eigenvalue weighted by Crippen LogP contribution is 2.45. The summed E-state index contributed by atoms with van der Waals surface area (Å²) in [5.41, 5.74) is 3.86. The van der Waals surface area contributed by atoms with E-state index in [1.807, 2.05) is 53.6 Å². The van der Waals surface area contributed by atoms with Gasteiger partial charge < -0.3 is 29.6 Å². The molecule has 5 rings (SSSR count). The Morgan fingerprint density at radius 3 is 2.51 bits per heavy atom. The van der Waals surface area contributed by atoms with Gasteiger partial charge in [-0.3, -0.25) is 9.78 Å². The van der Waals surface area contributed by atoms with Crippen molar-refractivity contribution in [1.29, 1.82) is 0 Å². The van der Waals surface area contributed by atoms with E-state index in [0.29, 0.717) is 27.9 Å². The Labute approximate surface area is 252 Å². The first-order valence-corrected chi connectivity index (χ1v) is 13.8. The van der Waals surface area contributed by atoms with Gasteiger partial charge in [0.05, 0.1) is 36.1 Å². The van der Waals surface area contributed by atoms with Gasteiger partial charge in [-0.2, -0.15) is 13.2 Å². The predicted octanol–water partition coefficient (Wildman–Crippen LogP) is 6.28. The van der Waals surface area contributed by atoms with Gasteiger partial charge >= 0.3 is 6.18 Å². The number of pyridine rings is 1. The Morgan fingerprint density at radius 1 is 1.05 bits per heavy atom. The molecule has 2 atom stereocenters. The van der Waals surface area contributed by atoms with Crippen LogP contribution < -0.4 is 20.3 Å². The molecule has 0 saturated carbocycles. The van der Waals surface area contributed by atoms with E-state index < -0.39 is 23.8 Å². The summed E-state index contributed by atoms with van der Waals surface area (Å²) < 4.78 is 53.0. The molecule has 1 aliphatic heterocycles. The second kappa shape index (κ2) is 12.1. The van der Waals surface area contributed by atoms with Crippen LogP contribution in [0, 0.1) is 13.8 Å². The van der Waals surface area contributed by atoms with Gasteiger partial charge in [-0.25, -0.2) is 0 Å². The zero-order valence-corrected chi connectivity index (χ0v) is 24.7. The van der Waals surface area contributed by atoms with Crippen LogP contribution in [0.15, 0.2) is 72.9 Å². The lowest BCUT2D eigenvalue weighted by Gasteiger charge is -2.29. The van der Waals surface area contributed by atoms with Crippen molar-refractivity contribution < 1.29 is 27.4 Å². The third-order valence-electron chi connectivity index (χ3n) is 7.33. The van der Waals surface area contributed by atoms with Gasteiger partial charge in [0, 0.05) is 36.1 Å². The number of rotatable bonds is 8. The quantitative estimate of drug-likeness (QED) is 0.228. The number of carbonyl (C=O) groups excluding carboxylic acids is 1. The maximum absolute atomic E-state index is 13.6. The largest absolute Gasteiger partial charge is 0.495 e. The zero-order chi connectivity index (χ0) is 30.9. The minimum absolute atomic E-state index is 0.136. The second-order valence-corrected chi connectivity index (χ2v) is 10.5. The zero-order valence-electron chi connectivity index (χ0n) is 23.9. The van der Waals surface area contributed by atoms with Crippen LogP contribution in [0.1, 0.15) is 40.3 Å². The molecule has 2 aromatic heterocycles. The number of anilines is 2. The van der Waals surface area contributed by atoms with Crippen LogP contribution in [0.5, 0.6) is 5.75 Å². The monoisotopic (exact) mass is 609 g/mol. The predicted molar refractivity (Wildman–Crippen MR) is 162 cm³/mol. The maximum Gasteiger partial charge on any atom is 0.416 e. The molecule has 1 saturated heterocycles. The fourth-order valence-corrected chi connectivity index (χ4v) is 5.86. The molecule has 2 aromatic carbocycles. The number of halogens is 3. The number of carbonyl (C=O) groups is 1. The van der Waals surface area contributed by atoms with E-state index >= 15 is 0 Å². The van der Waals surface area contributed by atoms with Crippen molar-refractivity contribution in [2.24, 2.45) is 0 Å². The highest BCUT2D eigenvalue weighted by Gasteiger charge is 2.42. The summed E-state index contributed by atoms with van der Waals surface area (Å²) in [4.78, 5) is 18.9. The molecule has 2 unspecified atom stereocenters. The molecule has 2 N–H and O–H groups in total. The van der Waals surface area contributed by atoms with Gasteiger partial charge in [-0.05, 0) is 86.2 Å². The van der Waals surface area contributed by atoms with E-state index in [4.69, 9.17) is 21.7 Å². The molecular weight excluding hydrogens is 579 g/mol. The number of alkyl halides is 3. The second-order valence-electron chi connectivity index (χ2n) is 10.1. The van der Waals surface area contributed by atoms with Gasteiger partial charge in [-0.15, -0.1) is 0 Å². The Morgan fingerprint density at radius 2 is 1.84 bits per heavy atom. The molecular formula is C31H30F3N5O3S. The normalized spacial score (nSPS) is 16.7. The SMILES string of the molecule is COCC(=O)Nc1cc(N2C(=S)NC(c3ccccn3)C2c2cc(C)n(-c3cccc(C(F)(F)F)c3)c2C)ccc1OC. The van der Waals surface area contributed by atoms with Crippen molar-refractivity contribution >= 4 is 34.6 Å². The molecule has 4 aromatic rings. The Kier molecular flexibility index (Phi) is 8.43. The molecule has 224 valence electrons. The fourth-order valence-electron chi connectivity index (χ4n) is 5.52. The van der Waals surface area contributed by atoms with Gasteiger partial charge in [-0.1, -0.05) is 12.1 Å². The standard InChI is InChI=1S/C31H30F3N5O3S/c1-18-14-23(19(2)38(18)21-9-7-8-20(15-21)31(32,33)34)29-28(24-10-5-6-13-35-24)37-30(43)39(29)22-11-12-26(42-4)25(16-22)36-27(40)17-41-3/h5-16,28-29H,17H2,1-4H3,(H,36,40)(H,37,43). The van der Waals surface area contributed by atoms with Crippen LogP contribution in [0.2, 0.25) is 0 Å². The van der Waals surface area contributed by atoms with Crippen molar-refractivity contribution in [3.63, 3.8) is 0 Å². The van der Waals surface area contributed by atoms with E-state index in [1.165, 1.54) is 20.3 Å². The third-order valence-corrected chi connectivity index (χ3v) is 7.64. The number of benzene rings is 2. The summed E-state index contributed by atoms with van der Waals surface area (Å²) in [5.74, 6) is 0.0967. The molecule has 12 heteroatoms. The van der Waals surface area contributed by atoms with E-state index in [-0.39, 0.29) is 12.5 Å². The van der Waals surface area contributed by atoms with E-state index in [2.05, 4.69) is 15.6 Å². The average molecular weight is 610 g/mol. The molecule has 43 heavy (non-hydrogen) atoms. The molecule has 0 aliphatic carbocycles. The van der Waals surface area contributed by atoms with Gasteiger partial charge in [0.2, 0.25) is 5.91 Å². The molecule has 1 aliphatic rings. The van der Waals surface area contributed by atoms with E-state index in [9.17, 15) is 18.0 Å². The van der Waals surface area contributed by atoms with Gasteiger partial charge in [0.15, 0.2) is 5.11 Å². The lowest BCUT2D eigenvalue weighted by Crippen LogP contribution is -2.29. The smallest absolute Gasteiger partial charge is 0.416 e. The first-order valence-electron chi connectivity index (χ1n) is 13.4. The van der Waals surface area contributed by atoms with Crippen LogP contribution in [0.3, 0.4) is 0 Å². The van der Waals surface area contributed by atoms with E-state index in [0.717, 1.165) is 34.8 Å².